The van der Waals surface area contributed by atoms with Crippen LogP contribution in [-0.2, 0) is 4.79 Å². The van der Waals surface area contributed by atoms with E-state index in [9.17, 15) is 9.90 Å². The molecule has 1 aromatic rings. The zero-order valence-electron chi connectivity index (χ0n) is 17.7. The normalized spacial score (nSPS) is 33.7. The summed E-state index contributed by atoms with van der Waals surface area (Å²) in [6, 6.07) is 9.77. The van der Waals surface area contributed by atoms with Crippen LogP contribution in [0, 0.1) is 18.8 Å². The fourth-order valence-electron chi connectivity index (χ4n) is 6.73. The number of rotatable bonds is 3. The summed E-state index contributed by atoms with van der Waals surface area (Å²) in [5.41, 5.74) is 2.75. The summed E-state index contributed by atoms with van der Waals surface area (Å²) in [5, 5.41) is 10.1. The lowest BCUT2D eigenvalue weighted by Gasteiger charge is -2.57. The van der Waals surface area contributed by atoms with E-state index in [0.717, 1.165) is 39.0 Å². The molecule has 0 radical (unpaired) electrons. The van der Waals surface area contributed by atoms with Crippen molar-refractivity contribution in [3.05, 3.63) is 29.8 Å². The Hall–Kier alpha value is -1.59. The number of aliphatic hydroxyl groups is 1. The number of benzene rings is 1. The van der Waals surface area contributed by atoms with Crippen LogP contribution in [0.4, 0.5) is 5.69 Å². The zero-order chi connectivity index (χ0) is 20.0. The average Bonchev–Trinajstić information content (AvgIpc) is 2.75. The van der Waals surface area contributed by atoms with Gasteiger partial charge in [0.05, 0.1) is 12.6 Å². The van der Waals surface area contributed by atoms with E-state index in [1.54, 1.807) is 0 Å². The van der Waals surface area contributed by atoms with Crippen molar-refractivity contribution in [2.75, 3.05) is 37.7 Å². The Kier molecular flexibility index (Phi) is 5.29. The molecule has 29 heavy (non-hydrogen) atoms. The van der Waals surface area contributed by atoms with E-state index in [2.05, 4.69) is 45.9 Å². The molecular formula is C24H35N3O2. The molecule has 4 atom stereocenters. The molecule has 4 heterocycles. The van der Waals surface area contributed by atoms with Crippen LogP contribution in [0.3, 0.4) is 0 Å². The summed E-state index contributed by atoms with van der Waals surface area (Å²) in [6.07, 6.45) is 6.44. The molecule has 0 saturated carbocycles. The highest BCUT2D eigenvalue weighted by Gasteiger charge is 2.49. The molecule has 5 nitrogen and oxygen atoms in total. The van der Waals surface area contributed by atoms with E-state index in [-0.39, 0.29) is 18.6 Å². The topological polar surface area (TPSA) is 47.0 Å². The van der Waals surface area contributed by atoms with Gasteiger partial charge >= 0.3 is 0 Å². The molecule has 5 rings (SSSR count). The molecule has 1 N–H and O–H groups in total. The quantitative estimate of drug-likeness (QED) is 0.852. The van der Waals surface area contributed by atoms with E-state index in [4.69, 9.17) is 0 Å². The molecule has 0 unspecified atom stereocenters. The minimum atomic E-state index is 0.0407. The van der Waals surface area contributed by atoms with E-state index >= 15 is 0 Å². The van der Waals surface area contributed by atoms with Gasteiger partial charge in [-0.15, -0.1) is 0 Å². The predicted molar refractivity (Wildman–Crippen MR) is 115 cm³/mol. The fraction of sp³-hybridized carbons (Fsp3) is 0.708. The highest BCUT2D eigenvalue weighted by Crippen LogP contribution is 2.42. The number of aryl methyl sites for hydroxylation is 1. The summed E-state index contributed by atoms with van der Waals surface area (Å²) in [4.78, 5) is 20.0. The van der Waals surface area contributed by atoms with Crippen LogP contribution >= 0.6 is 0 Å². The van der Waals surface area contributed by atoms with Crippen molar-refractivity contribution in [2.45, 2.75) is 63.6 Å². The van der Waals surface area contributed by atoms with Crippen molar-refractivity contribution in [3.63, 3.8) is 0 Å². The summed E-state index contributed by atoms with van der Waals surface area (Å²) in [6.45, 7) is 6.77. The summed E-state index contributed by atoms with van der Waals surface area (Å²) >= 11 is 0. The highest BCUT2D eigenvalue weighted by molar-refractivity contribution is 5.78. The van der Waals surface area contributed by atoms with E-state index < -0.39 is 0 Å². The minimum Gasteiger partial charge on any atom is -0.394 e. The molecule has 1 amide bonds. The van der Waals surface area contributed by atoms with E-state index in [1.165, 1.54) is 30.5 Å². The maximum absolute atomic E-state index is 12.6. The second-order valence-electron chi connectivity index (χ2n) is 9.72. The van der Waals surface area contributed by atoms with Crippen LogP contribution in [0.1, 0.15) is 44.1 Å². The molecule has 0 aromatic heterocycles. The van der Waals surface area contributed by atoms with Gasteiger partial charge in [0.1, 0.15) is 0 Å². The number of hydrogen-bond donors (Lipinski definition) is 1. The van der Waals surface area contributed by atoms with Crippen molar-refractivity contribution < 1.29 is 9.90 Å². The number of carbonyl (C=O) groups is 1. The second kappa shape index (κ2) is 7.92. The number of amides is 1. The Morgan fingerprint density at radius 1 is 1.07 bits per heavy atom. The van der Waals surface area contributed by atoms with Gasteiger partial charge in [0.25, 0.3) is 0 Å². The minimum absolute atomic E-state index is 0.0407. The number of anilines is 1. The smallest absolute Gasteiger partial charge is 0.223 e. The first kappa shape index (κ1) is 19.4. The number of carbonyl (C=O) groups excluding carboxylic acids is 1. The van der Waals surface area contributed by atoms with Gasteiger partial charge < -0.3 is 14.9 Å². The lowest BCUT2D eigenvalue weighted by Crippen LogP contribution is -2.67. The number of likely N-dealkylation sites (tertiary alicyclic amines) is 1. The van der Waals surface area contributed by atoms with Gasteiger partial charge in [-0.2, -0.15) is 0 Å². The third-order valence-electron chi connectivity index (χ3n) is 8.15. The Bertz CT molecular complexity index is 731. The predicted octanol–water partition coefficient (Wildman–Crippen LogP) is 2.66. The Balaban J connectivity index is 1.27. The number of piperidine rings is 4. The molecular weight excluding hydrogens is 362 g/mol. The van der Waals surface area contributed by atoms with Gasteiger partial charge in [-0.1, -0.05) is 18.2 Å². The third kappa shape index (κ3) is 3.46. The lowest BCUT2D eigenvalue weighted by molar-refractivity contribution is -0.156. The largest absolute Gasteiger partial charge is 0.394 e. The molecule has 0 spiro atoms. The average molecular weight is 398 g/mol. The van der Waals surface area contributed by atoms with Crippen molar-refractivity contribution >= 4 is 11.6 Å². The van der Waals surface area contributed by atoms with Crippen molar-refractivity contribution in [3.8, 4) is 0 Å². The number of hydrogen-bond acceptors (Lipinski definition) is 4. The molecule has 4 aliphatic rings. The van der Waals surface area contributed by atoms with Crippen molar-refractivity contribution in [1.29, 1.82) is 0 Å². The first-order valence-corrected chi connectivity index (χ1v) is 11.6. The van der Waals surface area contributed by atoms with Crippen LogP contribution in [0.25, 0.3) is 0 Å². The molecule has 158 valence electrons. The first-order chi connectivity index (χ1) is 14.2. The summed E-state index contributed by atoms with van der Waals surface area (Å²) in [7, 11) is 0. The van der Waals surface area contributed by atoms with Gasteiger partial charge in [-0.3, -0.25) is 9.69 Å². The van der Waals surface area contributed by atoms with E-state index in [0.29, 0.717) is 30.3 Å². The number of fused-ring (bicyclic) bond motifs is 4. The number of nitrogens with zero attached hydrogens (tertiary/aromatic N) is 3. The van der Waals surface area contributed by atoms with Crippen molar-refractivity contribution in [1.82, 2.24) is 9.80 Å². The third-order valence-corrected chi connectivity index (χ3v) is 8.15. The van der Waals surface area contributed by atoms with Gasteiger partial charge in [-0.05, 0) is 62.5 Å². The molecule has 1 aromatic carbocycles. The monoisotopic (exact) mass is 397 g/mol. The number of para-hydroxylation sites is 1. The van der Waals surface area contributed by atoms with Crippen LogP contribution in [0.2, 0.25) is 0 Å². The van der Waals surface area contributed by atoms with Crippen LogP contribution in [0.5, 0.6) is 0 Å². The molecule has 4 saturated heterocycles. The Labute approximate surface area is 174 Å². The highest BCUT2D eigenvalue weighted by atomic mass is 16.3. The molecule has 5 heteroatoms. The molecule has 4 fully saturated rings. The molecule has 2 bridgehead atoms. The standard InChI is InChI=1S/C24H35N3O2/c1-17-5-2-3-6-21(17)25-11-9-20(10-12-25)26-14-18-13-19(15-26)23(16-28)27-22(18)7-4-8-24(27)29/h2-3,5-6,18-20,22-23,28H,4,7-16H2,1H3/t18-,19+,22+,23+/m1/s1. The summed E-state index contributed by atoms with van der Waals surface area (Å²) in [5.74, 6) is 1.32. The van der Waals surface area contributed by atoms with Crippen LogP contribution in [-0.4, -0.2) is 71.7 Å². The Morgan fingerprint density at radius 2 is 1.83 bits per heavy atom. The van der Waals surface area contributed by atoms with Gasteiger partial charge in [0, 0.05) is 50.4 Å². The molecule has 4 aliphatic heterocycles. The fourth-order valence-corrected chi connectivity index (χ4v) is 6.73. The van der Waals surface area contributed by atoms with Gasteiger partial charge in [0.15, 0.2) is 0 Å². The van der Waals surface area contributed by atoms with Gasteiger partial charge in [0.2, 0.25) is 5.91 Å². The van der Waals surface area contributed by atoms with Crippen molar-refractivity contribution in [2.24, 2.45) is 11.8 Å². The van der Waals surface area contributed by atoms with Gasteiger partial charge in [-0.25, -0.2) is 0 Å². The maximum Gasteiger partial charge on any atom is 0.223 e. The maximum atomic E-state index is 12.6. The van der Waals surface area contributed by atoms with Crippen LogP contribution in [0.15, 0.2) is 24.3 Å². The molecule has 0 aliphatic carbocycles. The van der Waals surface area contributed by atoms with Crippen LogP contribution < -0.4 is 4.90 Å². The lowest BCUT2D eigenvalue weighted by atomic mass is 9.71. The second-order valence-corrected chi connectivity index (χ2v) is 9.72. The van der Waals surface area contributed by atoms with E-state index in [1.807, 2.05) is 0 Å². The number of aliphatic hydroxyl groups excluding tert-OH is 1. The Morgan fingerprint density at radius 3 is 2.59 bits per heavy atom. The zero-order valence-corrected chi connectivity index (χ0v) is 17.7. The first-order valence-electron chi connectivity index (χ1n) is 11.6. The summed E-state index contributed by atoms with van der Waals surface area (Å²) < 4.78 is 0. The SMILES string of the molecule is Cc1ccccc1N1CCC(N2C[C@H]3C[C@@H](C2)[C@H](CO)N2C(=O)CCC[C@@H]32)CC1.